The first-order chi connectivity index (χ1) is 6.79. The Morgan fingerprint density at radius 3 is 2.33 bits per heavy atom. The number of hydrogen-bond acceptors (Lipinski definition) is 1. The van der Waals surface area contributed by atoms with Crippen molar-refractivity contribution in [3.8, 4) is 0 Å². The second kappa shape index (κ2) is 3.83. The molecule has 1 aromatic heterocycles. The molecule has 15 heavy (non-hydrogen) atoms. The summed E-state index contributed by atoms with van der Waals surface area (Å²) in [7, 11) is 0. The van der Waals surface area contributed by atoms with E-state index in [1.165, 1.54) is 12.3 Å². The maximum Gasteiger partial charge on any atom is 0.418 e. The van der Waals surface area contributed by atoms with Crippen LogP contribution in [0.15, 0.2) is 18.3 Å². The lowest BCUT2D eigenvalue weighted by Crippen LogP contribution is -2.23. The molecule has 0 aromatic carbocycles. The number of rotatable bonds is 2. The smallest absolute Gasteiger partial charge is 0.260 e. The van der Waals surface area contributed by atoms with Crippen LogP contribution in [0.2, 0.25) is 0 Å². The zero-order valence-corrected chi connectivity index (χ0v) is 9.02. The van der Waals surface area contributed by atoms with Gasteiger partial charge >= 0.3 is 6.18 Å². The minimum atomic E-state index is -4.32. The highest BCUT2D eigenvalue weighted by Crippen LogP contribution is 2.37. The van der Waals surface area contributed by atoms with Gasteiger partial charge in [0, 0.05) is 11.6 Å². The molecule has 0 radical (unpaired) electrons. The van der Waals surface area contributed by atoms with E-state index >= 15 is 0 Å². The Bertz CT molecular complexity index is 342. The molecule has 0 unspecified atom stereocenters. The number of aromatic nitrogens is 1. The van der Waals surface area contributed by atoms with Crippen molar-refractivity contribution in [2.45, 2.75) is 38.8 Å². The van der Waals surface area contributed by atoms with Gasteiger partial charge in [0.2, 0.25) is 0 Å². The van der Waals surface area contributed by atoms with Gasteiger partial charge in [-0.1, -0.05) is 20.8 Å². The Morgan fingerprint density at radius 2 is 1.87 bits per heavy atom. The lowest BCUT2D eigenvalue weighted by atomic mass is 9.83. The van der Waals surface area contributed by atoms with Crippen molar-refractivity contribution in [2.24, 2.45) is 0 Å². The zero-order valence-electron chi connectivity index (χ0n) is 9.02. The van der Waals surface area contributed by atoms with Crippen LogP contribution < -0.4 is 0 Å². The predicted octanol–water partition coefficient (Wildman–Crippen LogP) is 3.79. The molecular weight excluding hydrogens is 203 g/mol. The summed E-state index contributed by atoms with van der Waals surface area (Å²) in [6, 6.07) is 2.40. The fourth-order valence-electron chi connectivity index (χ4n) is 1.34. The predicted molar refractivity (Wildman–Crippen MR) is 52.6 cm³/mol. The molecule has 0 spiro atoms. The summed E-state index contributed by atoms with van der Waals surface area (Å²) < 4.78 is 38.0. The van der Waals surface area contributed by atoms with Gasteiger partial charge in [-0.2, -0.15) is 13.2 Å². The molecule has 1 rings (SSSR count). The van der Waals surface area contributed by atoms with Crippen molar-refractivity contribution in [3.63, 3.8) is 0 Å². The molecule has 0 atom stereocenters. The van der Waals surface area contributed by atoms with Crippen LogP contribution in [0.5, 0.6) is 0 Å². The largest absolute Gasteiger partial charge is 0.418 e. The lowest BCUT2D eigenvalue weighted by Gasteiger charge is -2.25. The Hall–Kier alpha value is -1.06. The Labute approximate surface area is 87.3 Å². The monoisotopic (exact) mass is 217 g/mol. The Balaban J connectivity index is 3.31. The first-order valence-electron chi connectivity index (χ1n) is 4.81. The molecule has 1 heterocycles. The van der Waals surface area contributed by atoms with Gasteiger partial charge < -0.3 is 0 Å². The molecular formula is C11H14F3N. The molecule has 0 saturated carbocycles. The van der Waals surface area contributed by atoms with Crippen molar-refractivity contribution in [1.82, 2.24) is 4.98 Å². The van der Waals surface area contributed by atoms with E-state index in [-0.39, 0.29) is 5.69 Å². The van der Waals surface area contributed by atoms with E-state index in [9.17, 15) is 13.2 Å². The molecule has 0 aliphatic heterocycles. The van der Waals surface area contributed by atoms with E-state index in [2.05, 4.69) is 4.98 Å². The number of alkyl halides is 3. The first-order valence-corrected chi connectivity index (χ1v) is 4.81. The fourth-order valence-corrected chi connectivity index (χ4v) is 1.34. The van der Waals surface area contributed by atoms with Crippen molar-refractivity contribution < 1.29 is 13.2 Å². The summed E-state index contributed by atoms with van der Waals surface area (Å²) in [5.41, 5.74) is -1.05. The minimum absolute atomic E-state index is 0.125. The minimum Gasteiger partial charge on any atom is -0.260 e. The summed E-state index contributed by atoms with van der Waals surface area (Å²) >= 11 is 0. The third-order valence-corrected chi connectivity index (χ3v) is 2.64. The summed E-state index contributed by atoms with van der Waals surface area (Å²) in [5.74, 6) is 0. The molecule has 4 heteroatoms. The molecule has 0 saturated heterocycles. The number of hydrogen-bond donors (Lipinski definition) is 0. The highest BCUT2D eigenvalue weighted by atomic mass is 19.4. The van der Waals surface area contributed by atoms with Crippen LogP contribution >= 0.6 is 0 Å². The molecule has 0 aliphatic carbocycles. The van der Waals surface area contributed by atoms with Gasteiger partial charge in [-0.25, -0.2) is 0 Å². The second-order valence-corrected chi connectivity index (χ2v) is 4.13. The van der Waals surface area contributed by atoms with Crippen LogP contribution in [0.3, 0.4) is 0 Å². The Kier molecular flexibility index (Phi) is 3.07. The Morgan fingerprint density at radius 1 is 1.27 bits per heavy atom. The number of nitrogens with zero attached hydrogens (tertiary/aromatic N) is 1. The zero-order chi connectivity index (χ0) is 11.7. The fraction of sp³-hybridized carbons (Fsp3) is 0.545. The molecule has 0 N–H and O–H groups in total. The second-order valence-electron chi connectivity index (χ2n) is 4.13. The van der Waals surface area contributed by atoms with Gasteiger partial charge in [-0.3, -0.25) is 4.98 Å². The molecule has 1 aromatic rings. The van der Waals surface area contributed by atoms with Gasteiger partial charge in [-0.05, 0) is 18.6 Å². The van der Waals surface area contributed by atoms with E-state index < -0.39 is 17.2 Å². The summed E-state index contributed by atoms with van der Waals surface area (Å²) in [6.07, 6.45) is -2.30. The third-order valence-electron chi connectivity index (χ3n) is 2.64. The van der Waals surface area contributed by atoms with Gasteiger partial charge in [0.15, 0.2) is 0 Å². The maximum absolute atomic E-state index is 12.7. The molecule has 0 aliphatic rings. The number of pyridine rings is 1. The average molecular weight is 217 g/mol. The van der Waals surface area contributed by atoms with Crippen molar-refractivity contribution in [1.29, 1.82) is 0 Å². The lowest BCUT2D eigenvalue weighted by molar-refractivity contribution is -0.139. The van der Waals surface area contributed by atoms with Crippen LogP contribution in [-0.4, -0.2) is 4.98 Å². The highest BCUT2D eigenvalue weighted by molar-refractivity contribution is 5.28. The van der Waals surface area contributed by atoms with Crippen LogP contribution in [-0.2, 0) is 11.6 Å². The van der Waals surface area contributed by atoms with Gasteiger partial charge in [0.25, 0.3) is 0 Å². The standard InChI is InChI=1S/C11H14F3N/c1-4-10(2,3)9-8(11(12,13)14)6-5-7-15-9/h5-7H,4H2,1-3H3. The van der Waals surface area contributed by atoms with Gasteiger partial charge in [0.05, 0.1) is 11.3 Å². The summed E-state index contributed by atoms with van der Waals surface area (Å²) in [6.45, 7) is 5.39. The molecule has 1 nitrogen and oxygen atoms in total. The normalized spacial score (nSPS) is 12.9. The van der Waals surface area contributed by atoms with E-state index in [1.807, 2.05) is 6.92 Å². The van der Waals surface area contributed by atoms with Crippen molar-refractivity contribution >= 4 is 0 Å². The van der Waals surface area contributed by atoms with Crippen LogP contribution in [0, 0.1) is 0 Å². The molecule has 84 valence electrons. The van der Waals surface area contributed by atoms with Crippen LogP contribution in [0.1, 0.15) is 38.4 Å². The van der Waals surface area contributed by atoms with E-state index in [1.54, 1.807) is 13.8 Å². The van der Waals surface area contributed by atoms with E-state index in [0.29, 0.717) is 6.42 Å². The van der Waals surface area contributed by atoms with Crippen LogP contribution in [0.4, 0.5) is 13.2 Å². The molecule has 0 amide bonds. The number of halogens is 3. The maximum atomic E-state index is 12.7. The van der Waals surface area contributed by atoms with Crippen molar-refractivity contribution in [2.75, 3.05) is 0 Å². The topological polar surface area (TPSA) is 12.9 Å². The summed E-state index contributed by atoms with van der Waals surface area (Å²) in [4.78, 5) is 3.87. The van der Waals surface area contributed by atoms with Crippen LogP contribution in [0.25, 0.3) is 0 Å². The third kappa shape index (κ3) is 2.49. The van der Waals surface area contributed by atoms with Gasteiger partial charge in [0.1, 0.15) is 0 Å². The highest BCUT2D eigenvalue weighted by Gasteiger charge is 2.37. The van der Waals surface area contributed by atoms with Crippen molar-refractivity contribution in [3.05, 3.63) is 29.6 Å². The summed E-state index contributed by atoms with van der Waals surface area (Å²) in [5, 5.41) is 0. The molecule has 0 fully saturated rings. The van der Waals surface area contributed by atoms with Gasteiger partial charge in [-0.15, -0.1) is 0 Å². The van der Waals surface area contributed by atoms with E-state index in [4.69, 9.17) is 0 Å². The first kappa shape index (κ1) is 12.0. The SMILES string of the molecule is CCC(C)(C)c1ncccc1C(F)(F)F. The quantitative estimate of drug-likeness (QED) is 0.734. The molecule has 0 bridgehead atoms. The van der Waals surface area contributed by atoms with E-state index in [0.717, 1.165) is 6.07 Å². The average Bonchev–Trinajstić information content (AvgIpc) is 2.16.